The lowest BCUT2D eigenvalue weighted by Gasteiger charge is -2.45. The lowest BCUT2D eigenvalue weighted by atomic mass is 9.73. The third-order valence-corrected chi connectivity index (χ3v) is 4.87. The van der Waals surface area contributed by atoms with Crippen LogP contribution in [0.5, 0.6) is 0 Å². The number of nitrogens with zero attached hydrogens (tertiary/aromatic N) is 2. The minimum atomic E-state index is 0. The molecule has 4 nitrogen and oxygen atoms in total. The van der Waals surface area contributed by atoms with Gasteiger partial charge in [0.1, 0.15) is 0 Å². The smallest absolute Gasteiger partial charge is 0.191 e. The summed E-state index contributed by atoms with van der Waals surface area (Å²) in [5, 5.41) is 0. The van der Waals surface area contributed by atoms with Gasteiger partial charge < -0.3 is 15.4 Å². The van der Waals surface area contributed by atoms with Crippen LogP contribution in [0.4, 0.5) is 0 Å². The van der Waals surface area contributed by atoms with Gasteiger partial charge in [0.25, 0.3) is 0 Å². The fourth-order valence-corrected chi connectivity index (χ4v) is 3.40. The van der Waals surface area contributed by atoms with Crippen LogP contribution in [0.3, 0.4) is 0 Å². The summed E-state index contributed by atoms with van der Waals surface area (Å²) in [5.41, 5.74) is 6.16. The van der Waals surface area contributed by atoms with E-state index in [0.717, 1.165) is 38.0 Å². The van der Waals surface area contributed by atoms with Crippen LogP contribution in [0.15, 0.2) is 4.99 Å². The number of hydrogen-bond donors (Lipinski definition) is 1. The SMILES string of the molecule is CC1CCN(C(N)=NC2CC3OCCCC23)CC1.I. The van der Waals surface area contributed by atoms with Gasteiger partial charge in [-0.05, 0) is 38.0 Å². The maximum Gasteiger partial charge on any atom is 0.191 e. The van der Waals surface area contributed by atoms with Gasteiger partial charge in [0, 0.05) is 25.6 Å². The molecule has 19 heavy (non-hydrogen) atoms. The maximum atomic E-state index is 6.16. The number of hydrogen-bond acceptors (Lipinski definition) is 2. The summed E-state index contributed by atoms with van der Waals surface area (Å²) >= 11 is 0. The molecule has 2 N–H and O–H groups in total. The fraction of sp³-hybridized carbons (Fsp3) is 0.929. The summed E-state index contributed by atoms with van der Waals surface area (Å²) in [6.07, 6.45) is 6.50. The first-order chi connectivity index (χ1) is 8.74. The molecule has 2 saturated heterocycles. The van der Waals surface area contributed by atoms with Crippen molar-refractivity contribution in [2.24, 2.45) is 22.6 Å². The molecule has 0 radical (unpaired) electrons. The number of nitrogens with two attached hydrogens (primary N) is 1. The van der Waals surface area contributed by atoms with Crippen molar-refractivity contribution in [3.63, 3.8) is 0 Å². The van der Waals surface area contributed by atoms with Crippen molar-refractivity contribution in [3.05, 3.63) is 0 Å². The van der Waals surface area contributed by atoms with Gasteiger partial charge in [-0.1, -0.05) is 6.92 Å². The molecule has 3 rings (SSSR count). The van der Waals surface area contributed by atoms with Crippen LogP contribution in [0.2, 0.25) is 0 Å². The van der Waals surface area contributed by atoms with E-state index in [1.807, 2.05) is 0 Å². The summed E-state index contributed by atoms with van der Waals surface area (Å²) in [7, 11) is 0. The summed E-state index contributed by atoms with van der Waals surface area (Å²) in [6.45, 7) is 5.42. The molecule has 3 atom stereocenters. The number of fused-ring (bicyclic) bond motifs is 1. The van der Waals surface area contributed by atoms with Gasteiger partial charge in [0.05, 0.1) is 12.1 Å². The summed E-state index contributed by atoms with van der Waals surface area (Å²) in [6, 6.07) is 0.426. The molecule has 3 fully saturated rings. The zero-order valence-corrected chi connectivity index (χ0v) is 14.1. The van der Waals surface area contributed by atoms with Crippen LogP contribution in [0.25, 0.3) is 0 Å². The first kappa shape index (κ1) is 15.4. The van der Waals surface area contributed by atoms with E-state index in [9.17, 15) is 0 Å². The number of rotatable bonds is 1. The first-order valence-corrected chi connectivity index (χ1v) is 7.44. The largest absolute Gasteiger partial charge is 0.378 e. The Morgan fingerprint density at radius 3 is 2.68 bits per heavy atom. The van der Waals surface area contributed by atoms with Crippen molar-refractivity contribution in [3.8, 4) is 0 Å². The second kappa shape index (κ2) is 6.61. The van der Waals surface area contributed by atoms with Crippen LogP contribution in [0, 0.1) is 11.8 Å². The number of ether oxygens (including phenoxy) is 1. The number of piperidine rings is 1. The average molecular weight is 379 g/mol. The highest BCUT2D eigenvalue weighted by Crippen LogP contribution is 2.39. The molecule has 2 aliphatic heterocycles. The Morgan fingerprint density at radius 2 is 2.00 bits per heavy atom. The Hall–Kier alpha value is -0.0400. The van der Waals surface area contributed by atoms with Gasteiger partial charge >= 0.3 is 0 Å². The predicted octanol–water partition coefficient (Wildman–Crippen LogP) is 2.22. The number of halogens is 1. The molecule has 3 unspecified atom stereocenters. The van der Waals surface area contributed by atoms with E-state index >= 15 is 0 Å². The van der Waals surface area contributed by atoms with Gasteiger partial charge in [0.15, 0.2) is 5.96 Å². The molecular formula is C14H26IN3O. The highest BCUT2D eigenvalue weighted by molar-refractivity contribution is 14.0. The maximum absolute atomic E-state index is 6.16. The molecule has 0 spiro atoms. The molecule has 1 aliphatic carbocycles. The van der Waals surface area contributed by atoms with E-state index in [-0.39, 0.29) is 24.0 Å². The summed E-state index contributed by atoms with van der Waals surface area (Å²) < 4.78 is 5.72. The molecule has 110 valence electrons. The molecule has 2 heterocycles. The normalized spacial score (nSPS) is 36.2. The Labute approximate surface area is 133 Å². The third-order valence-electron chi connectivity index (χ3n) is 4.87. The van der Waals surface area contributed by atoms with Gasteiger partial charge in [-0.25, -0.2) is 4.99 Å². The van der Waals surface area contributed by atoms with E-state index in [1.165, 1.54) is 25.7 Å². The van der Waals surface area contributed by atoms with Gasteiger partial charge in [-0.15, -0.1) is 24.0 Å². The average Bonchev–Trinajstić information content (AvgIpc) is 2.36. The molecule has 0 aromatic rings. The van der Waals surface area contributed by atoms with E-state index in [2.05, 4.69) is 11.8 Å². The van der Waals surface area contributed by atoms with Crippen molar-refractivity contribution in [2.45, 2.75) is 51.2 Å². The first-order valence-electron chi connectivity index (χ1n) is 7.44. The van der Waals surface area contributed by atoms with E-state index < -0.39 is 0 Å². The Bertz CT molecular complexity index is 329. The van der Waals surface area contributed by atoms with Crippen LogP contribution in [-0.2, 0) is 4.74 Å². The second-order valence-corrected chi connectivity index (χ2v) is 6.18. The standard InChI is InChI=1S/C14H25N3O.HI/c1-10-4-6-17(7-5-10)14(15)16-12-9-13-11(12)3-2-8-18-13;/h10-13H,2-9H2,1H3,(H2,15,16);1H. The highest BCUT2D eigenvalue weighted by atomic mass is 127. The van der Waals surface area contributed by atoms with E-state index in [0.29, 0.717) is 18.1 Å². The quantitative estimate of drug-likeness (QED) is 0.432. The van der Waals surface area contributed by atoms with E-state index in [4.69, 9.17) is 15.5 Å². The zero-order valence-electron chi connectivity index (χ0n) is 11.8. The molecule has 3 aliphatic rings. The monoisotopic (exact) mass is 379 g/mol. The van der Waals surface area contributed by atoms with Gasteiger partial charge in [-0.2, -0.15) is 0 Å². The molecule has 0 amide bonds. The molecule has 1 saturated carbocycles. The predicted molar refractivity (Wildman–Crippen MR) is 87.9 cm³/mol. The van der Waals surface area contributed by atoms with Crippen molar-refractivity contribution < 1.29 is 4.74 Å². The van der Waals surface area contributed by atoms with Crippen molar-refractivity contribution in [1.29, 1.82) is 0 Å². The number of likely N-dealkylation sites (tertiary alicyclic amines) is 1. The lowest BCUT2D eigenvalue weighted by Crippen LogP contribution is -2.51. The summed E-state index contributed by atoms with van der Waals surface area (Å²) in [5.74, 6) is 2.26. The molecule has 0 bridgehead atoms. The molecular weight excluding hydrogens is 353 g/mol. The number of guanidine groups is 1. The third kappa shape index (κ3) is 3.35. The van der Waals surface area contributed by atoms with Crippen molar-refractivity contribution >= 4 is 29.9 Å². The zero-order chi connectivity index (χ0) is 12.5. The van der Waals surface area contributed by atoms with Crippen LogP contribution in [0.1, 0.15) is 39.0 Å². The fourth-order valence-electron chi connectivity index (χ4n) is 3.40. The summed E-state index contributed by atoms with van der Waals surface area (Å²) in [4.78, 5) is 7.02. The van der Waals surface area contributed by atoms with Crippen molar-refractivity contribution in [2.75, 3.05) is 19.7 Å². The minimum Gasteiger partial charge on any atom is -0.378 e. The van der Waals surface area contributed by atoms with Crippen LogP contribution in [-0.4, -0.2) is 42.7 Å². The van der Waals surface area contributed by atoms with Crippen LogP contribution < -0.4 is 5.73 Å². The highest BCUT2D eigenvalue weighted by Gasteiger charge is 2.43. The van der Waals surface area contributed by atoms with Gasteiger partial charge in [-0.3, -0.25) is 0 Å². The van der Waals surface area contributed by atoms with Crippen molar-refractivity contribution in [1.82, 2.24) is 4.90 Å². The Kier molecular flexibility index (Phi) is 5.34. The number of aliphatic imine (C=N–C) groups is 1. The molecule has 0 aromatic heterocycles. The van der Waals surface area contributed by atoms with E-state index in [1.54, 1.807) is 0 Å². The topological polar surface area (TPSA) is 50.8 Å². The second-order valence-electron chi connectivity index (χ2n) is 6.18. The Balaban J connectivity index is 0.00000133. The minimum absolute atomic E-state index is 0. The molecule has 0 aromatic carbocycles. The van der Waals surface area contributed by atoms with Gasteiger partial charge in [0.2, 0.25) is 0 Å². The lowest BCUT2D eigenvalue weighted by molar-refractivity contribution is -0.0940. The Morgan fingerprint density at radius 1 is 1.26 bits per heavy atom. The molecule has 5 heteroatoms. The van der Waals surface area contributed by atoms with Crippen LogP contribution >= 0.6 is 24.0 Å².